The van der Waals surface area contributed by atoms with Crippen LogP contribution >= 0.6 is 0 Å². The average Bonchev–Trinajstić information content (AvgIpc) is 2.60. The molecule has 0 aromatic heterocycles. The molecule has 0 heterocycles. The molecule has 0 atom stereocenters. The molecule has 0 unspecified atom stereocenters. The van der Waals surface area contributed by atoms with Crippen molar-refractivity contribution in [2.24, 2.45) is 0 Å². The molecule has 0 aliphatic rings. The van der Waals surface area contributed by atoms with Crippen molar-refractivity contribution in [1.82, 2.24) is 5.32 Å². The molecule has 0 saturated carbocycles. The Morgan fingerprint density at radius 3 is 2.44 bits per heavy atom. The number of hydrogen-bond acceptors (Lipinski definition) is 2. The summed E-state index contributed by atoms with van der Waals surface area (Å²) in [6.45, 7) is 2.67. The number of nitrogens with one attached hydrogen (secondary N) is 1. The van der Waals surface area contributed by atoms with Gasteiger partial charge in [-0.25, -0.2) is 8.78 Å². The summed E-state index contributed by atoms with van der Waals surface area (Å²) in [7, 11) is 0. The molecule has 25 heavy (non-hydrogen) atoms. The normalized spacial score (nSPS) is 10.4. The lowest BCUT2D eigenvalue weighted by atomic mass is 10.2. The maximum absolute atomic E-state index is 13.5. The number of amides is 2. The number of benzene rings is 2. The topological polar surface area (TPSA) is 49.4 Å². The van der Waals surface area contributed by atoms with E-state index in [1.54, 1.807) is 4.90 Å². The van der Waals surface area contributed by atoms with Crippen LogP contribution in [0.25, 0.3) is 0 Å². The van der Waals surface area contributed by atoms with E-state index in [-0.39, 0.29) is 24.4 Å². The Labute approximate surface area is 145 Å². The number of nitrogens with zero attached hydrogens (tertiary/aromatic N) is 1. The van der Waals surface area contributed by atoms with Crippen LogP contribution in [0.2, 0.25) is 0 Å². The molecule has 1 N–H and O–H groups in total. The number of carbonyl (C=O) groups excluding carboxylic acids is 2. The fraction of sp³-hybridized carbons (Fsp3) is 0.263. The predicted molar refractivity (Wildman–Crippen MR) is 92.4 cm³/mol. The monoisotopic (exact) mass is 346 g/mol. The summed E-state index contributed by atoms with van der Waals surface area (Å²) in [4.78, 5) is 25.8. The standard InChI is InChI=1S/C19H20F2N2O2/c1-2-23(15-7-4-3-5-8-15)18(24)9-6-12-22-19(25)16-11-10-14(20)13-17(16)21/h3-5,7-8,10-11,13H,2,6,9,12H2,1H3,(H,22,25). The fourth-order valence-corrected chi connectivity index (χ4v) is 2.46. The predicted octanol–water partition coefficient (Wildman–Crippen LogP) is 3.53. The van der Waals surface area contributed by atoms with E-state index >= 15 is 0 Å². The van der Waals surface area contributed by atoms with Crippen LogP contribution in [-0.2, 0) is 4.79 Å². The van der Waals surface area contributed by atoms with E-state index in [4.69, 9.17) is 0 Å². The highest BCUT2D eigenvalue weighted by Crippen LogP contribution is 2.14. The molecule has 0 fully saturated rings. The van der Waals surface area contributed by atoms with Crippen LogP contribution in [-0.4, -0.2) is 24.9 Å². The lowest BCUT2D eigenvalue weighted by molar-refractivity contribution is -0.118. The van der Waals surface area contributed by atoms with Crippen LogP contribution in [0, 0.1) is 11.6 Å². The van der Waals surface area contributed by atoms with Gasteiger partial charge in [0.25, 0.3) is 5.91 Å². The van der Waals surface area contributed by atoms with E-state index in [2.05, 4.69) is 5.32 Å². The van der Waals surface area contributed by atoms with Gasteiger partial charge < -0.3 is 10.2 Å². The number of rotatable bonds is 7. The molecule has 0 saturated heterocycles. The van der Waals surface area contributed by atoms with E-state index in [0.717, 1.165) is 17.8 Å². The van der Waals surface area contributed by atoms with Crippen molar-refractivity contribution < 1.29 is 18.4 Å². The molecule has 2 aromatic rings. The molecule has 6 heteroatoms. The van der Waals surface area contributed by atoms with E-state index in [9.17, 15) is 18.4 Å². The molecule has 2 aromatic carbocycles. The first-order valence-corrected chi connectivity index (χ1v) is 8.11. The third-order valence-electron chi connectivity index (χ3n) is 3.71. The van der Waals surface area contributed by atoms with Crippen LogP contribution in [0.1, 0.15) is 30.1 Å². The zero-order valence-corrected chi connectivity index (χ0v) is 14.0. The van der Waals surface area contributed by atoms with Gasteiger partial charge in [0.05, 0.1) is 5.56 Å². The van der Waals surface area contributed by atoms with E-state index < -0.39 is 17.5 Å². The van der Waals surface area contributed by atoms with Crippen molar-refractivity contribution in [2.45, 2.75) is 19.8 Å². The second-order valence-corrected chi connectivity index (χ2v) is 5.46. The van der Waals surface area contributed by atoms with Gasteiger partial charge in [-0.3, -0.25) is 9.59 Å². The minimum absolute atomic E-state index is 0.0455. The second-order valence-electron chi connectivity index (χ2n) is 5.46. The molecular formula is C19H20F2N2O2. The minimum atomic E-state index is -0.908. The molecule has 0 radical (unpaired) electrons. The van der Waals surface area contributed by atoms with Crippen molar-refractivity contribution in [3.05, 3.63) is 65.7 Å². The molecule has 0 spiro atoms. The van der Waals surface area contributed by atoms with E-state index in [1.165, 1.54) is 0 Å². The quantitative estimate of drug-likeness (QED) is 0.780. The van der Waals surface area contributed by atoms with Gasteiger partial charge in [0.1, 0.15) is 11.6 Å². The summed E-state index contributed by atoms with van der Waals surface area (Å²) in [5, 5.41) is 2.54. The molecule has 0 bridgehead atoms. The molecule has 2 rings (SSSR count). The van der Waals surface area contributed by atoms with Gasteiger partial charge in [-0.15, -0.1) is 0 Å². The van der Waals surface area contributed by atoms with E-state index in [0.29, 0.717) is 19.0 Å². The van der Waals surface area contributed by atoms with Crippen molar-refractivity contribution in [3.63, 3.8) is 0 Å². The van der Waals surface area contributed by atoms with Crippen molar-refractivity contribution in [2.75, 3.05) is 18.0 Å². The number of anilines is 1. The lowest BCUT2D eigenvalue weighted by Crippen LogP contribution is -2.32. The van der Waals surface area contributed by atoms with E-state index in [1.807, 2.05) is 37.3 Å². The summed E-state index contributed by atoms with van der Waals surface area (Å²) in [6.07, 6.45) is 0.686. The van der Waals surface area contributed by atoms with Crippen LogP contribution in [0.15, 0.2) is 48.5 Å². The van der Waals surface area contributed by atoms with Gasteiger partial charge in [-0.2, -0.15) is 0 Å². The van der Waals surface area contributed by atoms with Crippen LogP contribution < -0.4 is 10.2 Å². The third kappa shape index (κ3) is 5.11. The SMILES string of the molecule is CCN(C(=O)CCCNC(=O)c1ccc(F)cc1F)c1ccccc1. The Kier molecular flexibility index (Phi) is 6.62. The van der Waals surface area contributed by atoms with Gasteiger partial charge in [0.2, 0.25) is 5.91 Å². The number of hydrogen-bond donors (Lipinski definition) is 1. The van der Waals surface area contributed by atoms with Gasteiger partial charge in [0, 0.05) is 31.3 Å². The first kappa shape index (κ1) is 18.6. The Bertz CT molecular complexity index is 735. The van der Waals surface area contributed by atoms with Crippen LogP contribution in [0.5, 0.6) is 0 Å². The highest BCUT2D eigenvalue weighted by Gasteiger charge is 2.14. The molecule has 0 aliphatic carbocycles. The molecule has 132 valence electrons. The van der Waals surface area contributed by atoms with Gasteiger partial charge in [-0.1, -0.05) is 18.2 Å². The zero-order valence-electron chi connectivity index (χ0n) is 14.0. The fourth-order valence-electron chi connectivity index (χ4n) is 2.46. The molecule has 2 amide bonds. The Hall–Kier alpha value is -2.76. The Morgan fingerprint density at radius 1 is 1.08 bits per heavy atom. The minimum Gasteiger partial charge on any atom is -0.352 e. The highest BCUT2D eigenvalue weighted by molar-refractivity contribution is 5.95. The van der Waals surface area contributed by atoms with Gasteiger partial charge in [0.15, 0.2) is 0 Å². The Morgan fingerprint density at radius 2 is 1.80 bits per heavy atom. The third-order valence-corrected chi connectivity index (χ3v) is 3.71. The maximum Gasteiger partial charge on any atom is 0.254 e. The number of para-hydroxylation sites is 1. The average molecular weight is 346 g/mol. The molecule has 4 nitrogen and oxygen atoms in total. The summed E-state index contributed by atoms with van der Waals surface area (Å²) in [6, 6.07) is 12.1. The zero-order chi connectivity index (χ0) is 18.2. The smallest absolute Gasteiger partial charge is 0.254 e. The summed E-state index contributed by atoms with van der Waals surface area (Å²) >= 11 is 0. The van der Waals surface area contributed by atoms with Crippen molar-refractivity contribution >= 4 is 17.5 Å². The summed E-state index contributed by atoms with van der Waals surface area (Å²) < 4.78 is 26.4. The van der Waals surface area contributed by atoms with Gasteiger partial charge >= 0.3 is 0 Å². The van der Waals surface area contributed by atoms with Gasteiger partial charge in [-0.05, 0) is 37.6 Å². The van der Waals surface area contributed by atoms with Crippen LogP contribution in [0.3, 0.4) is 0 Å². The largest absolute Gasteiger partial charge is 0.352 e. The maximum atomic E-state index is 13.5. The number of halogens is 2. The number of carbonyl (C=O) groups is 2. The Balaban J connectivity index is 1.82. The van der Waals surface area contributed by atoms with Crippen LogP contribution in [0.4, 0.5) is 14.5 Å². The van der Waals surface area contributed by atoms with Crippen molar-refractivity contribution in [1.29, 1.82) is 0 Å². The molecule has 0 aliphatic heterocycles. The summed E-state index contributed by atoms with van der Waals surface area (Å²) in [5.74, 6) is -2.31. The first-order chi connectivity index (χ1) is 12.0. The highest BCUT2D eigenvalue weighted by atomic mass is 19.1. The first-order valence-electron chi connectivity index (χ1n) is 8.11. The summed E-state index contributed by atoms with van der Waals surface area (Å²) in [5.41, 5.74) is 0.611. The lowest BCUT2D eigenvalue weighted by Gasteiger charge is -2.21. The molecular weight excluding hydrogens is 326 g/mol. The second kappa shape index (κ2) is 8.92. The van der Waals surface area contributed by atoms with Crippen molar-refractivity contribution in [3.8, 4) is 0 Å².